The lowest BCUT2D eigenvalue weighted by atomic mass is 9.84. The minimum absolute atomic E-state index is 0.197. The predicted octanol–water partition coefficient (Wildman–Crippen LogP) is 4.57. The molecule has 5 rings (SSSR count). The topological polar surface area (TPSA) is 52.6 Å². The molecule has 1 heterocycles. The highest BCUT2D eigenvalue weighted by Gasteiger charge is 2.36. The van der Waals surface area contributed by atoms with Gasteiger partial charge in [-0.15, -0.1) is 4.90 Å². The Labute approximate surface area is 170 Å². The first-order valence-corrected chi connectivity index (χ1v) is 10.4. The molecule has 144 valence electrons. The molecule has 3 aromatic rings. The number of ketones is 1. The van der Waals surface area contributed by atoms with E-state index in [1.807, 2.05) is 54.6 Å². The third-order valence-corrected chi connectivity index (χ3v) is 6.73. The number of ether oxygens (including phenoxy) is 2. The van der Waals surface area contributed by atoms with Crippen LogP contribution in [0.4, 0.5) is 0 Å². The number of hydrogen-bond acceptors (Lipinski definition) is 5. The van der Waals surface area contributed by atoms with Crippen molar-refractivity contribution in [1.82, 2.24) is 0 Å². The molecule has 1 aliphatic heterocycles. The number of methoxy groups -OCH3 is 1. The Morgan fingerprint density at radius 1 is 0.828 bits per heavy atom. The standard InChI is InChI=1S/C24H17O4S/c1-27-23-17-12-6-5-11-16(17)22(28-15-9-3-2-4-10-15)20-21(25)18-13-7-8-14-19(18)29(26)24(20)23/h2-14,23H,1H3/q-1. The molecule has 0 aromatic heterocycles. The van der Waals surface area contributed by atoms with Gasteiger partial charge in [0.1, 0.15) is 11.5 Å². The first-order chi connectivity index (χ1) is 14.2. The molecular weight excluding hydrogens is 384 g/mol. The van der Waals surface area contributed by atoms with Crippen LogP contribution < -0.4 is 4.74 Å². The third-order valence-electron chi connectivity index (χ3n) is 5.16. The number of rotatable bonds is 3. The zero-order valence-corrected chi connectivity index (χ0v) is 16.4. The Morgan fingerprint density at radius 3 is 2.24 bits per heavy atom. The van der Waals surface area contributed by atoms with Gasteiger partial charge in [-0.3, -0.25) is 4.79 Å². The molecule has 1 unspecified atom stereocenters. The van der Waals surface area contributed by atoms with E-state index < -0.39 is 16.5 Å². The lowest BCUT2D eigenvalue weighted by molar-refractivity contribution is 0.103. The molecule has 0 N–H and O–H groups in total. The van der Waals surface area contributed by atoms with Gasteiger partial charge in [0.2, 0.25) is 0 Å². The molecule has 0 saturated carbocycles. The zero-order chi connectivity index (χ0) is 20.0. The van der Waals surface area contributed by atoms with Gasteiger partial charge in [-0.25, -0.2) is 10.4 Å². The van der Waals surface area contributed by atoms with E-state index in [1.165, 1.54) is 0 Å². The number of carbonyl (C=O) groups is 1. The number of benzene rings is 3. The zero-order valence-electron chi connectivity index (χ0n) is 15.6. The summed E-state index contributed by atoms with van der Waals surface area (Å²) in [4.78, 5) is 14.5. The molecule has 1 atom stereocenters. The van der Waals surface area contributed by atoms with E-state index in [-0.39, 0.29) is 5.78 Å². The second kappa shape index (κ2) is 7.03. The fourth-order valence-corrected chi connectivity index (χ4v) is 5.46. The van der Waals surface area contributed by atoms with Crippen LogP contribution in [-0.2, 0) is 19.3 Å². The number of Topliss-reactive ketones (excluding diaryl/α,β-unsaturated/α-hetero) is 1. The second-order valence-electron chi connectivity index (χ2n) is 6.78. The van der Waals surface area contributed by atoms with Crippen molar-refractivity contribution in [2.75, 3.05) is 7.11 Å². The molecule has 2 aliphatic rings. The third kappa shape index (κ3) is 2.74. The van der Waals surface area contributed by atoms with Crippen LogP contribution in [0.5, 0.6) is 5.75 Å². The molecule has 29 heavy (non-hydrogen) atoms. The van der Waals surface area contributed by atoms with Crippen molar-refractivity contribution in [2.45, 2.75) is 11.0 Å². The van der Waals surface area contributed by atoms with E-state index in [0.29, 0.717) is 32.4 Å². The molecule has 0 bridgehead atoms. The fourth-order valence-electron chi connectivity index (χ4n) is 3.87. The molecule has 4 nitrogen and oxygen atoms in total. The monoisotopic (exact) mass is 401 g/mol. The minimum atomic E-state index is -1.54. The summed E-state index contributed by atoms with van der Waals surface area (Å²) >= 11 is 0. The largest absolute Gasteiger partial charge is 0.457 e. The summed E-state index contributed by atoms with van der Waals surface area (Å²) in [5.41, 5.74) is 2.37. The van der Waals surface area contributed by atoms with Crippen LogP contribution in [0.15, 0.2) is 89.3 Å². The molecule has 5 heteroatoms. The summed E-state index contributed by atoms with van der Waals surface area (Å²) in [5.74, 6) is 0.832. The first-order valence-electron chi connectivity index (χ1n) is 9.22. The van der Waals surface area contributed by atoms with Gasteiger partial charge in [0.25, 0.3) is 0 Å². The predicted molar refractivity (Wildman–Crippen MR) is 112 cm³/mol. The fraction of sp³-hybridized carbons (Fsp3) is 0.0833. The molecule has 0 radical (unpaired) electrons. The maximum atomic E-state index is 13.5. The number of carbonyl (C=O) groups excluding carboxylic acids is 1. The summed E-state index contributed by atoms with van der Waals surface area (Å²) in [7, 11) is 0.0315. The Kier molecular flexibility index (Phi) is 4.34. The molecule has 0 amide bonds. The van der Waals surface area contributed by atoms with Gasteiger partial charge in [-0.1, -0.05) is 71.6 Å². The summed E-state index contributed by atoms with van der Waals surface area (Å²) in [6, 6.07) is 23.9. The average molecular weight is 401 g/mol. The highest BCUT2D eigenvalue weighted by molar-refractivity contribution is 7.86. The van der Waals surface area contributed by atoms with Crippen LogP contribution in [-0.4, -0.2) is 17.8 Å². The van der Waals surface area contributed by atoms with Gasteiger partial charge in [-0.05, 0) is 17.7 Å². The van der Waals surface area contributed by atoms with Gasteiger partial charge in [-0.2, -0.15) is 0 Å². The van der Waals surface area contributed by atoms with Crippen molar-refractivity contribution in [3.63, 3.8) is 0 Å². The van der Waals surface area contributed by atoms with E-state index in [9.17, 15) is 9.00 Å². The summed E-state index contributed by atoms with van der Waals surface area (Å²) in [6.45, 7) is 0. The Hall–Kier alpha value is -3.15. The van der Waals surface area contributed by atoms with Gasteiger partial charge in [0.15, 0.2) is 5.78 Å². The van der Waals surface area contributed by atoms with Gasteiger partial charge in [0, 0.05) is 23.8 Å². The van der Waals surface area contributed by atoms with Crippen LogP contribution in [0.2, 0.25) is 0 Å². The van der Waals surface area contributed by atoms with Gasteiger partial charge in [0.05, 0.1) is 6.10 Å². The Morgan fingerprint density at radius 2 is 1.48 bits per heavy atom. The summed E-state index contributed by atoms with van der Waals surface area (Å²) in [5, 5.41) is 0. The Bertz CT molecular complexity index is 1250. The van der Waals surface area contributed by atoms with Crippen LogP contribution in [0.25, 0.3) is 5.76 Å². The number of hydrogen-bond donors (Lipinski definition) is 0. The van der Waals surface area contributed by atoms with Crippen molar-refractivity contribution < 1.29 is 18.5 Å². The lowest BCUT2D eigenvalue weighted by Gasteiger charge is -2.37. The number of para-hydroxylation sites is 1. The van der Waals surface area contributed by atoms with Crippen LogP contribution in [0, 0.1) is 0 Å². The molecule has 0 spiro atoms. The molecule has 0 fully saturated rings. The van der Waals surface area contributed by atoms with Crippen molar-refractivity contribution in [1.29, 1.82) is 0 Å². The first kappa shape index (κ1) is 17.9. The Balaban J connectivity index is 1.86. The van der Waals surface area contributed by atoms with Gasteiger partial charge < -0.3 is 13.7 Å². The van der Waals surface area contributed by atoms with Crippen LogP contribution in [0.1, 0.15) is 27.6 Å². The SMILES string of the molecule is COC1C2=[S-](=O)c3ccccc3C(=O)C2=C(Oc2ccccc2)c2ccccc21. The molecule has 3 aromatic carbocycles. The van der Waals surface area contributed by atoms with E-state index in [4.69, 9.17) is 9.47 Å². The number of fused-ring (bicyclic) bond motifs is 3. The second-order valence-corrected chi connectivity index (χ2v) is 8.20. The summed E-state index contributed by atoms with van der Waals surface area (Å²) < 4.78 is 25.5. The maximum Gasteiger partial charge on any atom is 0.193 e. The van der Waals surface area contributed by atoms with Crippen LogP contribution in [0.3, 0.4) is 0 Å². The highest BCUT2D eigenvalue weighted by Crippen LogP contribution is 2.42. The normalized spacial score (nSPS) is 18.2. The minimum Gasteiger partial charge on any atom is -0.457 e. The molecular formula is C24H17O4S-. The lowest BCUT2D eigenvalue weighted by Crippen LogP contribution is -2.33. The van der Waals surface area contributed by atoms with E-state index >= 15 is 0 Å². The maximum absolute atomic E-state index is 13.5. The average Bonchev–Trinajstić information content (AvgIpc) is 2.78. The van der Waals surface area contributed by atoms with Crippen molar-refractivity contribution in [2.24, 2.45) is 0 Å². The van der Waals surface area contributed by atoms with Gasteiger partial charge >= 0.3 is 0 Å². The summed E-state index contributed by atoms with van der Waals surface area (Å²) in [6.07, 6.45) is -0.581. The quantitative estimate of drug-likeness (QED) is 0.477. The molecule has 1 aliphatic carbocycles. The van der Waals surface area contributed by atoms with Crippen molar-refractivity contribution >= 4 is 26.8 Å². The smallest absolute Gasteiger partial charge is 0.193 e. The van der Waals surface area contributed by atoms with Crippen molar-refractivity contribution in [3.8, 4) is 5.75 Å². The van der Waals surface area contributed by atoms with E-state index in [0.717, 1.165) is 11.1 Å². The highest BCUT2D eigenvalue weighted by atomic mass is 32.2. The van der Waals surface area contributed by atoms with E-state index in [1.54, 1.807) is 31.4 Å². The van der Waals surface area contributed by atoms with Crippen molar-refractivity contribution in [3.05, 3.63) is 101 Å². The van der Waals surface area contributed by atoms with E-state index in [2.05, 4.69) is 0 Å². The van der Waals surface area contributed by atoms with Crippen LogP contribution >= 0.6 is 0 Å². The molecule has 0 saturated heterocycles.